The number of aromatic nitrogens is 1. The van der Waals surface area contributed by atoms with Crippen LogP contribution >= 0.6 is 0 Å². The molecule has 0 bridgehead atoms. The standard InChI is InChI=1S/C17H19NO2/c19-17(9-8-14-6-3-4-10-20-14)16-12-18-11-13-5-1-2-7-15(13)16/h1-2,5,7,11-12,14H,3-4,6,8-10H2. The van der Waals surface area contributed by atoms with E-state index >= 15 is 0 Å². The maximum absolute atomic E-state index is 12.4. The Morgan fingerprint density at radius 2 is 2.15 bits per heavy atom. The topological polar surface area (TPSA) is 39.2 Å². The lowest BCUT2D eigenvalue weighted by atomic mass is 9.98. The van der Waals surface area contributed by atoms with Gasteiger partial charge in [0.1, 0.15) is 0 Å². The molecule has 0 aliphatic carbocycles. The molecule has 0 spiro atoms. The Kier molecular flexibility index (Phi) is 4.07. The van der Waals surface area contributed by atoms with E-state index in [0.717, 1.165) is 42.2 Å². The minimum absolute atomic E-state index is 0.170. The molecule has 20 heavy (non-hydrogen) atoms. The maximum Gasteiger partial charge on any atom is 0.165 e. The van der Waals surface area contributed by atoms with Crippen LogP contribution in [0, 0.1) is 0 Å². The van der Waals surface area contributed by atoms with Crippen LogP contribution in [0.25, 0.3) is 10.8 Å². The zero-order valence-corrected chi connectivity index (χ0v) is 11.5. The van der Waals surface area contributed by atoms with Crippen LogP contribution in [-0.4, -0.2) is 23.5 Å². The number of ketones is 1. The predicted octanol–water partition coefficient (Wildman–Crippen LogP) is 3.77. The molecule has 3 nitrogen and oxygen atoms in total. The predicted molar refractivity (Wildman–Crippen MR) is 78.9 cm³/mol. The van der Waals surface area contributed by atoms with Crippen LogP contribution in [0.5, 0.6) is 0 Å². The fourth-order valence-corrected chi connectivity index (χ4v) is 2.80. The Balaban J connectivity index is 1.72. The molecule has 1 aromatic heterocycles. The fourth-order valence-electron chi connectivity index (χ4n) is 2.80. The number of ether oxygens (including phenoxy) is 1. The van der Waals surface area contributed by atoms with Crippen LogP contribution in [0.15, 0.2) is 36.7 Å². The second-order valence-electron chi connectivity index (χ2n) is 5.36. The number of carbonyl (C=O) groups excluding carboxylic acids is 1. The van der Waals surface area contributed by atoms with Gasteiger partial charge in [0.2, 0.25) is 0 Å². The first kappa shape index (κ1) is 13.3. The summed E-state index contributed by atoms with van der Waals surface area (Å²) in [5, 5.41) is 2.02. The largest absolute Gasteiger partial charge is 0.378 e. The molecular formula is C17H19NO2. The first-order chi connectivity index (χ1) is 9.84. The number of fused-ring (bicyclic) bond motifs is 1. The van der Waals surface area contributed by atoms with E-state index in [2.05, 4.69) is 4.98 Å². The van der Waals surface area contributed by atoms with Gasteiger partial charge in [-0.15, -0.1) is 0 Å². The summed E-state index contributed by atoms with van der Waals surface area (Å²) < 4.78 is 5.68. The molecule has 1 fully saturated rings. The Morgan fingerprint density at radius 3 is 3.00 bits per heavy atom. The number of nitrogens with zero attached hydrogens (tertiary/aromatic N) is 1. The van der Waals surface area contributed by atoms with Crippen LogP contribution in [0.2, 0.25) is 0 Å². The Morgan fingerprint density at radius 1 is 1.25 bits per heavy atom. The van der Waals surface area contributed by atoms with Crippen molar-refractivity contribution >= 4 is 16.6 Å². The lowest BCUT2D eigenvalue weighted by molar-refractivity contribution is 0.0104. The van der Waals surface area contributed by atoms with Crippen molar-refractivity contribution in [1.29, 1.82) is 0 Å². The highest BCUT2D eigenvalue weighted by atomic mass is 16.5. The lowest BCUT2D eigenvalue weighted by Gasteiger charge is -2.22. The van der Waals surface area contributed by atoms with E-state index in [4.69, 9.17) is 4.74 Å². The Bertz CT molecular complexity index is 597. The third-order valence-corrected chi connectivity index (χ3v) is 3.94. The van der Waals surface area contributed by atoms with Gasteiger partial charge < -0.3 is 4.74 Å². The van der Waals surface area contributed by atoms with E-state index in [9.17, 15) is 4.79 Å². The van der Waals surface area contributed by atoms with E-state index in [0.29, 0.717) is 6.42 Å². The van der Waals surface area contributed by atoms with Crippen molar-refractivity contribution in [3.05, 3.63) is 42.2 Å². The first-order valence-electron chi connectivity index (χ1n) is 7.32. The molecule has 2 aromatic rings. The second-order valence-corrected chi connectivity index (χ2v) is 5.36. The normalized spacial score (nSPS) is 19.1. The quantitative estimate of drug-likeness (QED) is 0.793. The van der Waals surface area contributed by atoms with E-state index in [-0.39, 0.29) is 11.9 Å². The highest BCUT2D eigenvalue weighted by molar-refractivity contribution is 6.07. The molecule has 2 heterocycles. The van der Waals surface area contributed by atoms with Crippen LogP contribution in [0.1, 0.15) is 42.5 Å². The van der Waals surface area contributed by atoms with E-state index < -0.39 is 0 Å². The summed E-state index contributed by atoms with van der Waals surface area (Å²) in [5.41, 5.74) is 0.735. The molecule has 1 aromatic carbocycles. The molecule has 1 aliphatic heterocycles. The van der Waals surface area contributed by atoms with E-state index in [1.54, 1.807) is 12.4 Å². The summed E-state index contributed by atoms with van der Waals surface area (Å²) in [7, 11) is 0. The highest BCUT2D eigenvalue weighted by Gasteiger charge is 2.17. The van der Waals surface area contributed by atoms with Gasteiger partial charge >= 0.3 is 0 Å². The van der Waals surface area contributed by atoms with Gasteiger partial charge in [-0.3, -0.25) is 9.78 Å². The summed E-state index contributed by atoms with van der Waals surface area (Å²) in [6.45, 7) is 0.842. The Hall–Kier alpha value is -1.74. The van der Waals surface area contributed by atoms with Crippen molar-refractivity contribution in [1.82, 2.24) is 4.98 Å². The number of pyridine rings is 1. The molecule has 1 unspecified atom stereocenters. The molecule has 0 radical (unpaired) electrons. The summed E-state index contributed by atoms with van der Waals surface area (Å²) >= 11 is 0. The summed E-state index contributed by atoms with van der Waals surface area (Å²) in [4.78, 5) is 16.6. The maximum atomic E-state index is 12.4. The second kappa shape index (κ2) is 6.14. The van der Waals surface area contributed by atoms with Crippen molar-refractivity contribution in [3.8, 4) is 0 Å². The molecule has 3 heteroatoms. The van der Waals surface area contributed by atoms with Crippen LogP contribution in [-0.2, 0) is 4.74 Å². The van der Waals surface area contributed by atoms with Gasteiger partial charge in [-0.1, -0.05) is 24.3 Å². The number of hydrogen-bond acceptors (Lipinski definition) is 3. The van der Waals surface area contributed by atoms with Crippen LogP contribution < -0.4 is 0 Å². The summed E-state index contributed by atoms with van der Waals surface area (Å²) in [5.74, 6) is 0.170. The van der Waals surface area contributed by atoms with Gasteiger partial charge in [0.25, 0.3) is 0 Å². The van der Waals surface area contributed by atoms with Gasteiger partial charge in [-0.2, -0.15) is 0 Å². The van der Waals surface area contributed by atoms with Gasteiger partial charge in [-0.25, -0.2) is 0 Å². The molecule has 0 N–H and O–H groups in total. The molecule has 104 valence electrons. The average Bonchev–Trinajstić information content (AvgIpc) is 2.53. The van der Waals surface area contributed by atoms with Crippen molar-refractivity contribution in [3.63, 3.8) is 0 Å². The molecule has 0 saturated carbocycles. The number of benzene rings is 1. The Labute approximate surface area is 119 Å². The smallest absolute Gasteiger partial charge is 0.165 e. The summed E-state index contributed by atoms with van der Waals surface area (Å²) in [6, 6.07) is 7.90. The minimum Gasteiger partial charge on any atom is -0.378 e. The highest BCUT2D eigenvalue weighted by Crippen LogP contribution is 2.21. The lowest BCUT2D eigenvalue weighted by Crippen LogP contribution is -2.20. The fraction of sp³-hybridized carbons (Fsp3) is 0.412. The molecule has 0 amide bonds. The molecule has 1 aliphatic rings. The third kappa shape index (κ3) is 2.88. The zero-order valence-electron chi connectivity index (χ0n) is 11.5. The summed E-state index contributed by atoms with van der Waals surface area (Å²) in [6.07, 6.45) is 8.56. The first-order valence-corrected chi connectivity index (χ1v) is 7.32. The molecule has 3 rings (SSSR count). The monoisotopic (exact) mass is 269 g/mol. The van der Waals surface area contributed by atoms with Gasteiger partial charge in [-0.05, 0) is 31.1 Å². The van der Waals surface area contributed by atoms with Gasteiger partial charge in [0.05, 0.1) is 6.10 Å². The van der Waals surface area contributed by atoms with Crippen molar-refractivity contribution in [2.24, 2.45) is 0 Å². The van der Waals surface area contributed by atoms with Crippen molar-refractivity contribution in [2.75, 3.05) is 6.61 Å². The third-order valence-electron chi connectivity index (χ3n) is 3.94. The minimum atomic E-state index is 0.170. The van der Waals surface area contributed by atoms with Gasteiger partial charge in [0, 0.05) is 36.4 Å². The molecule has 1 saturated heterocycles. The molecular weight excluding hydrogens is 250 g/mol. The average molecular weight is 269 g/mol. The number of rotatable bonds is 4. The number of hydrogen-bond donors (Lipinski definition) is 0. The van der Waals surface area contributed by atoms with Crippen molar-refractivity contribution < 1.29 is 9.53 Å². The van der Waals surface area contributed by atoms with E-state index in [1.807, 2.05) is 24.3 Å². The number of carbonyl (C=O) groups is 1. The SMILES string of the molecule is O=C(CCC1CCCCO1)c1cncc2ccccc12. The van der Waals surface area contributed by atoms with Crippen LogP contribution in [0.4, 0.5) is 0 Å². The molecule has 1 atom stereocenters. The zero-order chi connectivity index (χ0) is 13.8. The van der Waals surface area contributed by atoms with Gasteiger partial charge in [0.15, 0.2) is 5.78 Å². The number of Topliss-reactive ketones (excluding diaryl/α,β-unsaturated/α-hetero) is 1. The van der Waals surface area contributed by atoms with E-state index in [1.165, 1.54) is 6.42 Å². The van der Waals surface area contributed by atoms with Crippen LogP contribution in [0.3, 0.4) is 0 Å². The van der Waals surface area contributed by atoms with Crippen molar-refractivity contribution in [2.45, 2.75) is 38.2 Å².